The van der Waals surface area contributed by atoms with E-state index in [4.69, 9.17) is 21.1 Å². The fourth-order valence-corrected chi connectivity index (χ4v) is 2.78. The van der Waals surface area contributed by atoms with E-state index in [0.29, 0.717) is 21.5 Å². The van der Waals surface area contributed by atoms with E-state index in [1.165, 1.54) is 11.8 Å². The summed E-state index contributed by atoms with van der Waals surface area (Å²) < 4.78 is 12.2. The summed E-state index contributed by atoms with van der Waals surface area (Å²) in [6.45, 7) is 1.26. The van der Waals surface area contributed by atoms with Crippen LogP contribution in [0, 0.1) is 6.92 Å². The van der Waals surface area contributed by atoms with Crippen molar-refractivity contribution in [1.29, 1.82) is 0 Å². The van der Waals surface area contributed by atoms with Gasteiger partial charge in [-0.3, -0.25) is 9.48 Å². The van der Waals surface area contributed by atoms with Crippen LogP contribution in [0.1, 0.15) is 26.4 Å². The van der Waals surface area contributed by atoms with E-state index in [2.05, 4.69) is 21.0 Å². The van der Waals surface area contributed by atoms with E-state index < -0.39 is 5.97 Å². The van der Waals surface area contributed by atoms with E-state index in [-0.39, 0.29) is 23.1 Å². The highest BCUT2D eigenvalue weighted by molar-refractivity contribution is 9.10. The van der Waals surface area contributed by atoms with Crippen LogP contribution in [-0.4, -0.2) is 35.2 Å². The van der Waals surface area contributed by atoms with Crippen LogP contribution < -0.4 is 4.74 Å². The van der Waals surface area contributed by atoms with E-state index in [0.717, 1.165) is 0 Å². The number of halogens is 2. The van der Waals surface area contributed by atoms with Crippen LogP contribution in [0.25, 0.3) is 0 Å². The molecule has 0 bridgehead atoms. The van der Waals surface area contributed by atoms with Gasteiger partial charge in [-0.25, -0.2) is 4.79 Å². The highest BCUT2D eigenvalue weighted by atomic mass is 79.9. The molecular formula is C15H14BrClN2O4. The smallest absolute Gasteiger partial charge is 0.343 e. The second-order valence-electron chi connectivity index (χ2n) is 4.72. The van der Waals surface area contributed by atoms with Crippen LogP contribution in [-0.2, 0) is 11.8 Å². The molecule has 0 aliphatic carbocycles. The lowest BCUT2D eigenvalue weighted by atomic mass is 10.1. The molecule has 0 unspecified atom stereocenters. The average molecular weight is 402 g/mol. The van der Waals surface area contributed by atoms with E-state index in [9.17, 15) is 9.59 Å². The average Bonchev–Trinajstić information content (AvgIpc) is 2.77. The Kier molecular flexibility index (Phi) is 5.43. The van der Waals surface area contributed by atoms with Gasteiger partial charge in [0.15, 0.2) is 12.4 Å². The predicted octanol–water partition coefficient (Wildman–Crippen LogP) is 3.19. The Morgan fingerprint density at radius 2 is 2.09 bits per heavy atom. The SMILES string of the molecule is COc1ccc(C(=O)COC(=O)c2c(C)nn(C)c2Cl)cc1Br. The third-order valence-electron chi connectivity index (χ3n) is 3.16. The summed E-state index contributed by atoms with van der Waals surface area (Å²) in [7, 11) is 3.15. The first kappa shape index (κ1) is 17.5. The van der Waals surface area contributed by atoms with Crippen molar-refractivity contribution in [3.05, 3.63) is 44.6 Å². The highest BCUT2D eigenvalue weighted by Gasteiger charge is 2.21. The van der Waals surface area contributed by atoms with Gasteiger partial charge in [0, 0.05) is 12.6 Å². The van der Waals surface area contributed by atoms with Crippen LogP contribution in [0.3, 0.4) is 0 Å². The topological polar surface area (TPSA) is 70.4 Å². The van der Waals surface area contributed by atoms with Gasteiger partial charge in [-0.1, -0.05) is 11.6 Å². The minimum atomic E-state index is -0.679. The summed E-state index contributed by atoms with van der Waals surface area (Å²) in [5.74, 6) is -0.405. The number of aryl methyl sites for hydroxylation is 2. The quantitative estimate of drug-likeness (QED) is 0.568. The molecule has 1 aromatic carbocycles. The molecule has 23 heavy (non-hydrogen) atoms. The van der Waals surface area contributed by atoms with Crippen molar-refractivity contribution < 1.29 is 19.1 Å². The number of Topliss-reactive ketones (excluding diaryl/α,β-unsaturated/α-hetero) is 1. The molecule has 0 radical (unpaired) electrons. The van der Waals surface area contributed by atoms with E-state index in [1.54, 1.807) is 32.2 Å². The Hall–Kier alpha value is -1.86. The summed E-state index contributed by atoms with van der Waals surface area (Å²) in [6, 6.07) is 4.86. The third kappa shape index (κ3) is 3.73. The number of carbonyl (C=O) groups excluding carboxylic acids is 2. The van der Waals surface area contributed by atoms with Gasteiger partial charge in [-0.15, -0.1) is 0 Å². The molecule has 0 fully saturated rings. The molecule has 0 atom stereocenters. The minimum absolute atomic E-state index is 0.165. The van der Waals surface area contributed by atoms with Crippen molar-refractivity contribution in [1.82, 2.24) is 9.78 Å². The molecule has 122 valence electrons. The number of benzene rings is 1. The number of hydrogen-bond donors (Lipinski definition) is 0. The molecule has 0 saturated heterocycles. The van der Waals surface area contributed by atoms with E-state index >= 15 is 0 Å². The number of esters is 1. The molecule has 1 heterocycles. The Morgan fingerprint density at radius 3 is 2.61 bits per heavy atom. The first-order chi connectivity index (χ1) is 10.8. The highest BCUT2D eigenvalue weighted by Crippen LogP contribution is 2.26. The summed E-state index contributed by atoms with van der Waals surface area (Å²) in [4.78, 5) is 24.2. The lowest BCUT2D eigenvalue weighted by Gasteiger charge is -2.07. The molecule has 0 saturated carbocycles. The number of rotatable bonds is 5. The first-order valence-electron chi connectivity index (χ1n) is 6.58. The van der Waals surface area contributed by atoms with Crippen LogP contribution in [0.4, 0.5) is 0 Å². The van der Waals surface area contributed by atoms with Gasteiger partial charge in [-0.05, 0) is 41.1 Å². The zero-order valence-corrected chi connectivity index (χ0v) is 15.1. The zero-order valence-electron chi connectivity index (χ0n) is 12.7. The maximum atomic E-state index is 12.1. The van der Waals surface area contributed by atoms with E-state index in [1.807, 2.05) is 0 Å². The second kappa shape index (κ2) is 7.14. The second-order valence-corrected chi connectivity index (χ2v) is 5.94. The summed E-state index contributed by atoms with van der Waals surface area (Å²) >= 11 is 9.29. The Balaban J connectivity index is 2.07. The standard InChI is InChI=1S/C15H14BrClN2O4/c1-8-13(14(17)19(2)18-8)15(21)23-7-11(20)9-4-5-12(22-3)10(16)6-9/h4-6H,7H2,1-3H3. The maximum Gasteiger partial charge on any atom is 0.343 e. The molecule has 0 N–H and O–H groups in total. The summed E-state index contributed by atoms with van der Waals surface area (Å²) in [5.41, 5.74) is 1.01. The Bertz CT molecular complexity index is 773. The van der Waals surface area contributed by atoms with Crippen molar-refractivity contribution in [2.24, 2.45) is 7.05 Å². The van der Waals surface area contributed by atoms with Crippen LogP contribution in [0.2, 0.25) is 5.15 Å². The first-order valence-corrected chi connectivity index (χ1v) is 7.75. The number of aromatic nitrogens is 2. The maximum absolute atomic E-state index is 12.1. The molecule has 2 aromatic rings. The fraction of sp³-hybridized carbons (Fsp3) is 0.267. The minimum Gasteiger partial charge on any atom is -0.496 e. The molecule has 0 spiro atoms. The number of carbonyl (C=O) groups is 2. The van der Waals surface area contributed by atoms with Crippen molar-refractivity contribution in [3.63, 3.8) is 0 Å². The van der Waals surface area contributed by atoms with Crippen LogP contribution in [0.15, 0.2) is 22.7 Å². The van der Waals surface area contributed by atoms with Crippen LogP contribution >= 0.6 is 27.5 Å². The number of nitrogens with zero attached hydrogens (tertiary/aromatic N) is 2. The third-order valence-corrected chi connectivity index (χ3v) is 4.22. The van der Waals surface area contributed by atoms with Crippen molar-refractivity contribution >= 4 is 39.3 Å². The molecule has 0 amide bonds. The van der Waals surface area contributed by atoms with Crippen molar-refractivity contribution in [3.8, 4) is 5.75 Å². The number of methoxy groups -OCH3 is 1. The lowest BCUT2D eigenvalue weighted by molar-refractivity contribution is 0.0474. The van der Waals surface area contributed by atoms with Gasteiger partial charge in [0.2, 0.25) is 0 Å². The summed E-state index contributed by atoms with van der Waals surface area (Å²) in [5, 5.41) is 4.20. The Morgan fingerprint density at radius 1 is 1.39 bits per heavy atom. The molecule has 1 aromatic heterocycles. The summed E-state index contributed by atoms with van der Waals surface area (Å²) in [6.07, 6.45) is 0. The van der Waals surface area contributed by atoms with Gasteiger partial charge in [0.1, 0.15) is 16.5 Å². The monoisotopic (exact) mass is 400 g/mol. The lowest BCUT2D eigenvalue weighted by Crippen LogP contribution is -2.15. The molecule has 6 nitrogen and oxygen atoms in total. The van der Waals surface area contributed by atoms with Gasteiger partial charge in [-0.2, -0.15) is 5.10 Å². The van der Waals surface area contributed by atoms with Crippen molar-refractivity contribution in [2.45, 2.75) is 6.92 Å². The van der Waals surface area contributed by atoms with Crippen molar-refractivity contribution in [2.75, 3.05) is 13.7 Å². The largest absolute Gasteiger partial charge is 0.496 e. The molecule has 0 aliphatic heterocycles. The molecule has 2 rings (SSSR count). The van der Waals surface area contributed by atoms with Gasteiger partial charge in [0.25, 0.3) is 0 Å². The zero-order chi connectivity index (χ0) is 17.1. The van der Waals surface area contributed by atoms with Gasteiger partial charge in [0.05, 0.1) is 17.3 Å². The van der Waals surface area contributed by atoms with Gasteiger partial charge >= 0.3 is 5.97 Å². The Labute approximate surface area is 146 Å². The number of ether oxygens (including phenoxy) is 2. The number of hydrogen-bond acceptors (Lipinski definition) is 5. The molecule has 8 heteroatoms. The van der Waals surface area contributed by atoms with Gasteiger partial charge < -0.3 is 9.47 Å². The van der Waals surface area contributed by atoms with Crippen LogP contribution in [0.5, 0.6) is 5.75 Å². The predicted molar refractivity (Wildman–Crippen MR) is 88.3 cm³/mol. The normalized spacial score (nSPS) is 10.5. The molecular weight excluding hydrogens is 388 g/mol. The molecule has 0 aliphatic rings. The fourth-order valence-electron chi connectivity index (χ4n) is 1.99. The number of ketones is 1.